The molecule has 4 rings (SSSR count). The van der Waals surface area contributed by atoms with Crippen molar-refractivity contribution in [2.24, 2.45) is 0 Å². The van der Waals surface area contributed by atoms with Crippen LogP contribution >= 0.6 is 0 Å². The Hall–Kier alpha value is -3.54. The molecule has 0 radical (unpaired) electrons. The molecule has 0 spiro atoms. The first-order valence-corrected chi connectivity index (χ1v) is 9.03. The van der Waals surface area contributed by atoms with E-state index in [1.54, 1.807) is 12.1 Å². The lowest BCUT2D eigenvalue weighted by Crippen LogP contribution is -2.27. The summed E-state index contributed by atoms with van der Waals surface area (Å²) in [4.78, 5) is 25.1. The van der Waals surface area contributed by atoms with E-state index in [2.05, 4.69) is 32.0 Å². The van der Waals surface area contributed by atoms with Crippen LogP contribution in [0.3, 0.4) is 0 Å². The van der Waals surface area contributed by atoms with E-state index in [1.807, 2.05) is 37.4 Å². The lowest BCUT2D eigenvalue weighted by atomic mass is 10.1. The number of fused-ring (bicyclic) bond motifs is 1. The molecule has 28 heavy (non-hydrogen) atoms. The molecule has 0 saturated carbocycles. The van der Waals surface area contributed by atoms with Crippen LogP contribution in [0.5, 0.6) is 0 Å². The van der Waals surface area contributed by atoms with Crippen molar-refractivity contribution in [3.05, 3.63) is 99.7 Å². The first-order chi connectivity index (χ1) is 13.6. The highest BCUT2D eigenvalue weighted by Gasteiger charge is 2.15. The Morgan fingerprint density at radius 2 is 1.75 bits per heavy atom. The number of aromatic amines is 2. The topological polar surface area (TPSA) is 63.1 Å². The van der Waals surface area contributed by atoms with Crippen LogP contribution < -0.4 is 15.4 Å². The van der Waals surface area contributed by atoms with Gasteiger partial charge in [0.2, 0.25) is 5.82 Å². The summed E-state index contributed by atoms with van der Waals surface area (Å²) in [5.41, 5.74) is 3.42. The number of pyridine rings is 1. The fraction of sp³-hybridized carbons (Fsp3) is 0.136. The van der Waals surface area contributed by atoms with Gasteiger partial charge >= 0.3 is 0 Å². The van der Waals surface area contributed by atoms with Crippen molar-refractivity contribution in [3.8, 4) is 0 Å². The molecule has 0 bridgehead atoms. The number of H-pyrrole nitrogens is 2. The third kappa shape index (κ3) is 3.91. The summed E-state index contributed by atoms with van der Waals surface area (Å²) >= 11 is 0. The highest BCUT2D eigenvalue weighted by Crippen LogP contribution is 2.13. The molecule has 6 heteroatoms. The molecule has 0 atom stereocenters. The molecule has 2 aromatic heterocycles. The Kier molecular flexibility index (Phi) is 4.85. The van der Waals surface area contributed by atoms with Crippen LogP contribution in [0.25, 0.3) is 11.2 Å². The maximum atomic E-state index is 13.1. The number of rotatable bonds is 5. The molecule has 2 N–H and O–H groups in total. The number of anilines is 1. The zero-order valence-corrected chi connectivity index (χ0v) is 15.4. The van der Waals surface area contributed by atoms with Gasteiger partial charge in [0.1, 0.15) is 11.3 Å². The maximum Gasteiger partial charge on any atom is 0.287 e. The summed E-state index contributed by atoms with van der Waals surface area (Å²) in [5.74, 6) is 0.590. The first-order valence-electron chi connectivity index (χ1n) is 9.03. The number of hydrogen-bond acceptors (Lipinski definition) is 3. The SMILES string of the molecule is CN(Cc1ccccc1)c1ccc2[nH]c(=O)c(Cc3ccc(F)cc3)nc2[nH+]1. The second-order valence-electron chi connectivity index (χ2n) is 6.76. The number of nitrogens with zero attached hydrogens (tertiary/aromatic N) is 2. The van der Waals surface area contributed by atoms with Gasteiger partial charge in [0.05, 0.1) is 13.6 Å². The number of hydrogen-bond donors (Lipinski definition) is 1. The Morgan fingerprint density at radius 3 is 2.50 bits per heavy atom. The van der Waals surface area contributed by atoms with E-state index < -0.39 is 0 Å². The van der Waals surface area contributed by atoms with Crippen molar-refractivity contribution >= 4 is 17.0 Å². The van der Waals surface area contributed by atoms with Gasteiger partial charge in [-0.25, -0.2) is 9.37 Å². The van der Waals surface area contributed by atoms with Crippen LogP contribution in [0.2, 0.25) is 0 Å². The molecule has 0 amide bonds. The lowest BCUT2D eigenvalue weighted by molar-refractivity contribution is -0.333. The van der Waals surface area contributed by atoms with Gasteiger partial charge in [0, 0.05) is 12.5 Å². The molecule has 0 unspecified atom stereocenters. The second-order valence-corrected chi connectivity index (χ2v) is 6.76. The molecule has 2 aromatic carbocycles. The molecule has 0 aliphatic rings. The van der Waals surface area contributed by atoms with Crippen molar-refractivity contribution in [2.45, 2.75) is 13.0 Å². The summed E-state index contributed by atoms with van der Waals surface area (Å²) in [6, 6.07) is 20.0. The minimum absolute atomic E-state index is 0.240. The second kappa shape index (κ2) is 7.60. The Labute approximate surface area is 161 Å². The maximum absolute atomic E-state index is 13.1. The summed E-state index contributed by atoms with van der Waals surface area (Å²) in [6.45, 7) is 0.745. The average molecular weight is 375 g/mol. The van der Waals surface area contributed by atoms with Crippen LogP contribution in [-0.2, 0) is 13.0 Å². The normalized spacial score (nSPS) is 10.9. The van der Waals surface area contributed by atoms with Crippen molar-refractivity contribution in [3.63, 3.8) is 0 Å². The highest BCUT2D eigenvalue weighted by atomic mass is 19.1. The Bertz CT molecular complexity index is 1160. The van der Waals surface area contributed by atoms with Crippen molar-refractivity contribution < 1.29 is 9.37 Å². The van der Waals surface area contributed by atoms with Crippen LogP contribution in [0.1, 0.15) is 16.8 Å². The largest absolute Gasteiger partial charge is 0.314 e. The van der Waals surface area contributed by atoms with Crippen molar-refractivity contribution in [1.82, 2.24) is 9.97 Å². The van der Waals surface area contributed by atoms with E-state index in [9.17, 15) is 9.18 Å². The summed E-state index contributed by atoms with van der Waals surface area (Å²) in [7, 11) is 2.00. The average Bonchev–Trinajstić information content (AvgIpc) is 2.70. The molecular weight excluding hydrogens is 355 g/mol. The highest BCUT2D eigenvalue weighted by molar-refractivity contribution is 5.67. The van der Waals surface area contributed by atoms with Crippen LogP contribution in [-0.4, -0.2) is 17.0 Å². The van der Waals surface area contributed by atoms with Gasteiger partial charge in [0.15, 0.2) is 5.69 Å². The fourth-order valence-electron chi connectivity index (χ4n) is 3.12. The fourth-order valence-corrected chi connectivity index (χ4v) is 3.12. The smallest absolute Gasteiger partial charge is 0.287 e. The minimum atomic E-state index is -0.302. The molecule has 2 heterocycles. The van der Waals surface area contributed by atoms with Gasteiger partial charge in [-0.05, 0) is 29.3 Å². The third-order valence-corrected chi connectivity index (χ3v) is 4.63. The number of aromatic nitrogens is 3. The lowest BCUT2D eigenvalue weighted by Gasteiger charge is -2.13. The molecule has 0 fully saturated rings. The quantitative estimate of drug-likeness (QED) is 0.583. The number of benzene rings is 2. The predicted octanol–water partition coefficient (Wildman–Crippen LogP) is 3.10. The van der Waals surface area contributed by atoms with Crippen LogP contribution in [0.4, 0.5) is 10.2 Å². The number of nitrogens with one attached hydrogen (secondary N) is 2. The third-order valence-electron chi connectivity index (χ3n) is 4.63. The van der Waals surface area contributed by atoms with Gasteiger partial charge in [-0.15, -0.1) is 4.98 Å². The van der Waals surface area contributed by atoms with Gasteiger partial charge < -0.3 is 4.98 Å². The summed E-state index contributed by atoms with van der Waals surface area (Å²) in [5, 5.41) is 0. The van der Waals surface area contributed by atoms with Gasteiger partial charge in [0.25, 0.3) is 11.2 Å². The molecule has 140 valence electrons. The van der Waals surface area contributed by atoms with Gasteiger partial charge in [-0.3, -0.25) is 9.69 Å². The molecule has 0 aliphatic carbocycles. The standard InChI is InChI=1S/C22H19FN4O/c1-27(14-16-5-3-2-4-6-16)20-12-11-18-21(26-20)24-19(22(28)25-18)13-15-7-9-17(23)10-8-15/h2-12H,13-14H2,1H3,(H,25,28)/p+1. The minimum Gasteiger partial charge on any atom is -0.314 e. The van der Waals surface area contributed by atoms with E-state index >= 15 is 0 Å². The summed E-state index contributed by atoms with van der Waals surface area (Å²) < 4.78 is 13.1. The molecular formula is C22H20FN4O+. The molecule has 0 saturated heterocycles. The van der Waals surface area contributed by atoms with Gasteiger partial charge in [-0.2, -0.15) is 0 Å². The molecule has 0 aliphatic heterocycles. The van der Waals surface area contributed by atoms with E-state index in [1.165, 1.54) is 17.7 Å². The van der Waals surface area contributed by atoms with Crippen LogP contribution in [0, 0.1) is 5.82 Å². The zero-order valence-electron chi connectivity index (χ0n) is 15.4. The zero-order chi connectivity index (χ0) is 19.5. The Morgan fingerprint density at radius 1 is 1.00 bits per heavy atom. The molecule has 5 nitrogen and oxygen atoms in total. The number of halogens is 1. The van der Waals surface area contributed by atoms with Crippen LogP contribution in [0.15, 0.2) is 71.5 Å². The van der Waals surface area contributed by atoms with E-state index in [0.717, 1.165) is 17.9 Å². The van der Waals surface area contributed by atoms with Gasteiger partial charge in [-0.1, -0.05) is 42.5 Å². The Balaban J connectivity index is 1.63. The molecule has 4 aromatic rings. The van der Waals surface area contributed by atoms with Crippen molar-refractivity contribution in [2.75, 3.05) is 11.9 Å². The van der Waals surface area contributed by atoms with E-state index in [4.69, 9.17) is 0 Å². The summed E-state index contributed by atoms with van der Waals surface area (Å²) in [6.07, 6.45) is 0.337. The van der Waals surface area contributed by atoms with E-state index in [-0.39, 0.29) is 11.4 Å². The predicted molar refractivity (Wildman–Crippen MR) is 107 cm³/mol. The van der Waals surface area contributed by atoms with E-state index in [0.29, 0.717) is 23.3 Å². The first kappa shape index (κ1) is 17.9. The monoisotopic (exact) mass is 375 g/mol. The van der Waals surface area contributed by atoms with Crippen molar-refractivity contribution in [1.29, 1.82) is 0 Å².